The fourth-order valence-corrected chi connectivity index (χ4v) is 2.93. The first-order valence-corrected chi connectivity index (χ1v) is 7.57. The summed E-state index contributed by atoms with van der Waals surface area (Å²) in [6, 6.07) is 6.85. The Kier molecular flexibility index (Phi) is 4.47. The van der Waals surface area contributed by atoms with Crippen LogP contribution in [-0.2, 0) is 9.53 Å². The second-order valence-electron chi connectivity index (χ2n) is 5.49. The van der Waals surface area contributed by atoms with Crippen LogP contribution in [0, 0.1) is 0 Å². The number of nitrogen functional groups attached to an aromatic ring is 1. The Bertz CT molecular complexity index is 833. The van der Waals surface area contributed by atoms with Gasteiger partial charge >= 0.3 is 5.97 Å². The zero-order valence-corrected chi connectivity index (χ0v) is 13.9. The minimum Gasteiger partial charge on any atom is -0.508 e. The molecule has 0 fully saturated rings. The van der Waals surface area contributed by atoms with E-state index in [0.29, 0.717) is 28.3 Å². The zero-order valence-electron chi connectivity index (χ0n) is 13.9. The predicted octanol–water partition coefficient (Wildman–Crippen LogP) is 2.18. The van der Waals surface area contributed by atoms with Gasteiger partial charge in [-0.2, -0.15) is 0 Å². The van der Waals surface area contributed by atoms with Crippen LogP contribution in [0.5, 0.6) is 11.5 Å². The van der Waals surface area contributed by atoms with Gasteiger partial charge in [0.05, 0.1) is 25.7 Å². The van der Waals surface area contributed by atoms with Crippen molar-refractivity contribution in [2.75, 3.05) is 26.6 Å². The van der Waals surface area contributed by atoms with E-state index in [-0.39, 0.29) is 17.9 Å². The lowest BCUT2D eigenvalue weighted by atomic mass is 9.83. The molecular weight excluding hydrogens is 324 g/mol. The number of carbonyl (C=O) groups is 1. The van der Waals surface area contributed by atoms with Gasteiger partial charge in [0.1, 0.15) is 23.9 Å². The molecule has 7 heteroatoms. The number of methoxy groups -OCH3 is 2. The second-order valence-corrected chi connectivity index (χ2v) is 5.49. The van der Waals surface area contributed by atoms with Crippen LogP contribution in [0.4, 0.5) is 5.69 Å². The van der Waals surface area contributed by atoms with Crippen molar-refractivity contribution in [1.82, 2.24) is 4.98 Å². The number of hydrogen-bond donors (Lipinski definition) is 2. The number of aromatic nitrogens is 1. The van der Waals surface area contributed by atoms with E-state index in [2.05, 4.69) is 4.98 Å². The summed E-state index contributed by atoms with van der Waals surface area (Å²) in [5.41, 5.74) is 7.94. The van der Waals surface area contributed by atoms with E-state index in [1.54, 1.807) is 36.7 Å². The van der Waals surface area contributed by atoms with Crippen molar-refractivity contribution >= 4 is 11.7 Å². The molecule has 0 aliphatic carbocycles. The van der Waals surface area contributed by atoms with Crippen molar-refractivity contribution in [2.45, 2.75) is 5.92 Å². The molecule has 0 spiro atoms. The highest BCUT2D eigenvalue weighted by atomic mass is 16.5. The summed E-state index contributed by atoms with van der Waals surface area (Å²) in [6.45, 7) is -0.163. The number of nitrogens with two attached hydrogens (primary N) is 1. The smallest absolute Gasteiger partial charge is 0.338 e. The largest absolute Gasteiger partial charge is 0.508 e. The highest BCUT2D eigenvalue weighted by Crippen LogP contribution is 2.44. The van der Waals surface area contributed by atoms with Crippen molar-refractivity contribution in [3.05, 3.63) is 59.1 Å². The lowest BCUT2D eigenvalue weighted by molar-refractivity contribution is -0.136. The van der Waals surface area contributed by atoms with Crippen LogP contribution in [0.2, 0.25) is 0 Å². The van der Waals surface area contributed by atoms with Gasteiger partial charge in [0.15, 0.2) is 0 Å². The first-order chi connectivity index (χ1) is 12.1. The van der Waals surface area contributed by atoms with Crippen molar-refractivity contribution in [1.29, 1.82) is 0 Å². The van der Waals surface area contributed by atoms with Crippen LogP contribution < -0.4 is 15.2 Å². The molecule has 130 valence electrons. The highest BCUT2D eigenvalue weighted by molar-refractivity contribution is 5.94. The number of rotatable bonds is 5. The predicted molar refractivity (Wildman–Crippen MR) is 90.7 cm³/mol. The van der Waals surface area contributed by atoms with Crippen LogP contribution in [0.1, 0.15) is 17.0 Å². The van der Waals surface area contributed by atoms with Crippen LogP contribution in [0.15, 0.2) is 48.0 Å². The molecule has 25 heavy (non-hydrogen) atoms. The topological polar surface area (TPSA) is 104 Å². The minimum absolute atomic E-state index is 0.128. The van der Waals surface area contributed by atoms with Crippen molar-refractivity contribution in [3.8, 4) is 11.5 Å². The molecule has 1 atom stereocenters. The Morgan fingerprint density at radius 2 is 2.12 bits per heavy atom. The van der Waals surface area contributed by atoms with E-state index in [9.17, 15) is 9.90 Å². The third-order valence-electron chi connectivity index (χ3n) is 4.07. The maximum absolute atomic E-state index is 12.2. The number of benzene rings is 1. The first kappa shape index (κ1) is 16.6. The molecule has 1 aliphatic rings. The van der Waals surface area contributed by atoms with Crippen LogP contribution in [0.3, 0.4) is 0 Å². The molecule has 1 aromatic carbocycles. The molecule has 0 radical (unpaired) electrons. The number of ether oxygens (including phenoxy) is 3. The number of esters is 1. The summed E-state index contributed by atoms with van der Waals surface area (Å²) in [5.74, 6) is -0.440. The molecule has 0 amide bonds. The number of aliphatic hydroxyl groups excluding tert-OH is 1. The average molecular weight is 342 g/mol. The number of pyridine rings is 1. The molecule has 3 N–H and O–H groups in total. The third-order valence-corrected chi connectivity index (χ3v) is 4.07. The van der Waals surface area contributed by atoms with Gasteiger partial charge < -0.3 is 25.1 Å². The van der Waals surface area contributed by atoms with Crippen LogP contribution in [-0.4, -0.2) is 36.9 Å². The van der Waals surface area contributed by atoms with Gasteiger partial charge in [0.2, 0.25) is 0 Å². The Balaban J connectivity index is 2.27. The maximum Gasteiger partial charge on any atom is 0.338 e. The van der Waals surface area contributed by atoms with Gasteiger partial charge in [0, 0.05) is 35.8 Å². The minimum atomic E-state index is -0.676. The fraction of sp³-hybridized carbons (Fsp3) is 0.222. The molecule has 2 aromatic rings. The SMILES string of the molecule is COc1cc(N)c([C@@H](C2=C(O)COC2=O)c2cccnc2)c(OC)c1. The van der Waals surface area contributed by atoms with Gasteiger partial charge in [-0.25, -0.2) is 4.79 Å². The average Bonchev–Trinajstić information content (AvgIpc) is 2.96. The molecular formula is C18H18N2O5. The van der Waals surface area contributed by atoms with Crippen molar-refractivity contribution in [2.24, 2.45) is 0 Å². The molecule has 0 saturated heterocycles. The second kappa shape index (κ2) is 6.72. The molecule has 1 aromatic heterocycles. The monoisotopic (exact) mass is 342 g/mol. The summed E-state index contributed by atoms with van der Waals surface area (Å²) >= 11 is 0. The third kappa shape index (κ3) is 2.96. The molecule has 3 rings (SSSR count). The summed E-state index contributed by atoms with van der Waals surface area (Å²) in [5, 5.41) is 10.2. The van der Waals surface area contributed by atoms with Gasteiger partial charge in [-0.15, -0.1) is 0 Å². The Morgan fingerprint density at radius 3 is 2.68 bits per heavy atom. The van der Waals surface area contributed by atoms with E-state index < -0.39 is 11.9 Å². The molecule has 1 aliphatic heterocycles. The number of nitrogens with zero attached hydrogens (tertiary/aromatic N) is 1. The normalized spacial score (nSPS) is 15.0. The molecule has 7 nitrogen and oxygen atoms in total. The van der Waals surface area contributed by atoms with Crippen molar-refractivity contribution in [3.63, 3.8) is 0 Å². The van der Waals surface area contributed by atoms with E-state index in [1.807, 2.05) is 0 Å². The maximum atomic E-state index is 12.2. The number of carbonyl (C=O) groups excluding carboxylic acids is 1. The summed E-state index contributed by atoms with van der Waals surface area (Å²) < 4.78 is 15.7. The first-order valence-electron chi connectivity index (χ1n) is 7.57. The van der Waals surface area contributed by atoms with E-state index in [1.165, 1.54) is 14.2 Å². The van der Waals surface area contributed by atoms with Gasteiger partial charge in [-0.3, -0.25) is 4.98 Å². The van der Waals surface area contributed by atoms with Gasteiger partial charge in [-0.05, 0) is 11.6 Å². The number of anilines is 1. The molecule has 0 unspecified atom stereocenters. The summed E-state index contributed by atoms with van der Waals surface area (Å²) in [7, 11) is 3.02. The lowest BCUT2D eigenvalue weighted by Gasteiger charge is -2.22. The van der Waals surface area contributed by atoms with E-state index in [0.717, 1.165) is 0 Å². The summed E-state index contributed by atoms with van der Waals surface area (Å²) in [4.78, 5) is 16.3. The van der Waals surface area contributed by atoms with Crippen molar-refractivity contribution < 1.29 is 24.1 Å². The van der Waals surface area contributed by atoms with Gasteiger partial charge in [0.25, 0.3) is 0 Å². The zero-order chi connectivity index (χ0) is 18.0. The van der Waals surface area contributed by atoms with Gasteiger partial charge in [-0.1, -0.05) is 6.07 Å². The van der Waals surface area contributed by atoms with Crippen LogP contribution >= 0.6 is 0 Å². The number of hydrogen-bond acceptors (Lipinski definition) is 7. The molecule has 0 bridgehead atoms. The Morgan fingerprint density at radius 1 is 1.32 bits per heavy atom. The summed E-state index contributed by atoms with van der Waals surface area (Å²) in [6.07, 6.45) is 3.23. The Hall–Kier alpha value is -3.22. The quantitative estimate of drug-likeness (QED) is 0.634. The Labute approximate surface area is 144 Å². The standard InChI is InChI=1S/C18H18N2O5/c1-23-11-6-12(19)16(14(7-11)24-2)15(10-4-3-5-20-8-10)17-13(21)9-25-18(17)22/h3-8,15,21H,9,19H2,1-2H3/t15-/m0/s1. The number of cyclic esters (lactones) is 1. The molecule has 0 saturated carbocycles. The van der Waals surface area contributed by atoms with Crippen LogP contribution in [0.25, 0.3) is 0 Å². The molecule has 2 heterocycles. The van der Waals surface area contributed by atoms with E-state index >= 15 is 0 Å². The van der Waals surface area contributed by atoms with E-state index in [4.69, 9.17) is 19.9 Å². The highest BCUT2D eigenvalue weighted by Gasteiger charge is 2.36. The lowest BCUT2D eigenvalue weighted by Crippen LogP contribution is -2.15. The number of aliphatic hydroxyl groups is 1. The fourth-order valence-electron chi connectivity index (χ4n) is 2.93.